The van der Waals surface area contributed by atoms with Gasteiger partial charge in [-0.05, 0) is 49.8 Å². The number of nitrogens with zero attached hydrogens (tertiary/aromatic N) is 3. The predicted octanol–water partition coefficient (Wildman–Crippen LogP) is 2.51. The number of rotatable bonds is 4. The van der Waals surface area contributed by atoms with Crippen molar-refractivity contribution >= 4 is 29.2 Å². The number of hydrogen-bond donors (Lipinski definition) is 1. The van der Waals surface area contributed by atoms with E-state index in [-0.39, 0.29) is 18.0 Å². The third-order valence-electron chi connectivity index (χ3n) is 6.42. The smallest absolute Gasteiger partial charge is 0.317 e. The van der Waals surface area contributed by atoms with Crippen molar-refractivity contribution < 1.29 is 14.3 Å². The van der Waals surface area contributed by atoms with Gasteiger partial charge in [0.15, 0.2) is 0 Å². The fourth-order valence-corrected chi connectivity index (χ4v) is 4.76. The Morgan fingerprint density at radius 1 is 1.13 bits per heavy atom. The van der Waals surface area contributed by atoms with E-state index in [1.54, 1.807) is 0 Å². The number of piperazine rings is 1. The van der Waals surface area contributed by atoms with Gasteiger partial charge < -0.3 is 24.8 Å². The summed E-state index contributed by atoms with van der Waals surface area (Å²) in [7, 11) is 0. The lowest BCUT2D eigenvalue weighted by molar-refractivity contribution is -0.142. The Labute approximate surface area is 183 Å². The van der Waals surface area contributed by atoms with Gasteiger partial charge in [-0.15, -0.1) is 0 Å². The van der Waals surface area contributed by atoms with E-state index in [9.17, 15) is 9.59 Å². The van der Waals surface area contributed by atoms with Gasteiger partial charge in [0, 0.05) is 63.1 Å². The largest absolute Gasteiger partial charge is 0.371 e. The number of aryl methyl sites for hydroxylation is 1. The number of halogens is 1. The minimum absolute atomic E-state index is 0.0309. The van der Waals surface area contributed by atoms with E-state index in [1.807, 2.05) is 21.9 Å². The lowest BCUT2D eigenvalue weighted by Gasteiger charge is -2.35. The van der Waals surface area contributed by atoms with Gasteiger partial charge in [-0.2, -0.15) is 0 Å². The number of nitrogens with one attached hydrogen (secondary N) is 1. The van der Waals surface area contributed by atoms with Gasteiger partial charge in [0.05, 0.1) is 0 Å². The van der Waals surface area contributed by atoms with E-state index in [4.69, 9.17) is 16.3 Å². The van der Waals surface area contributed by atoms with E-state index in [1.165, 1.54) is 11.3 Å². The highest BCUT2D eigenvalue weighted by Crippen LogP contribution is 2.29. The van der Waals surface area contributed by atoms with E-state index >= 15 is 0 Å². The molecule has 0 aliphatic carbocycles. The third kappa shape index (κ3) is 4.83. The monoisotopic (exact) mass is 434 g/mol. The van der Waals surface area contributed by atoms with Crippen molar-refractivity contribution in [1.82, 2.24) is 15.1 Å². The Bertz CT molecular complexity index is 776. The summed E-state index contributed by atoms with van der Waals surface area (Å²) < 4.78 is 5.50. The van der Waals surface area contributed by atoms with Gasteiger partial charge in [0.1, 0.15) is 6.10 Å². The fourth-order valence-electron chi connectivity index (χ4n) is 4.59. The molecule has 3 fully saturated rings. The van der Waals surface area contributed by atoms with Crippen LogP contribution in [0, 0.1) is 12.8 Å². The van der Waals surface area contributed by atoms with Crippen molar-refractivity contribution in [3.05, 3.63) is 28.8 Å². The fraction of sp³-hybridized carbons (Fsp3) is 0.636. The first-order chi connectivity index (χ1) is 14.5. The molecule has 3 amide bonds. The Balaban J connectivity index is 1.20. The quantitative estimate of drug-likeness (QED) is 0.790. The summed E-state index contributed by atoms with van der Waals surface area (Å²) in [5.74, 6) is 0.504. The van der Waals surface area contributed by atoms with Gasteiger partial charge in [-0.3, -0.25) is 4.79 Å². The molecule has 7 nitrogen and oxygen atoms in total. The lowest BCUT2D eigenvalue weighted by Crippen LogP contribution is -2.55. The molecule has 164 valence electrons. The van der Waals surface area contributed by atoms with Crippen molar-refractivity contribution in [2.24, 2.45) is 5.92 Å². The molecule has 3 heterocycles. The first-order valence-electron chi connectivity index (χ1n) is 11.0. The third-order valence-corrected chi connectivity index (χ3v) is 6.66. The van der Waals surface area contributed by atoms with Crippen LogP contribution in [0.15, 0.2) is 18.2 Å². The molecular weight excluding hydrogens is 404 g/mol. The van der Waals surface area contributed by atoms with Crippen LogP contribution in [0.2, 0.25) is 5.02 Å². The molecule has 30 heavy (non-hydrogen) atoms. The number of amides is 3. The normalized spacial score (nSPS) is 24.4. The van der Waals surface area contributed by atoms with E-state index in [0.29, 0.717) is 45.2 Å². The number of anilines is 1. The molecule has 3 aliphatic rings. The standard InChI is InChI=1S/C22H31ClN4O3/c1-16-4-5-18(23)13-19(16)27-7-6-17(15-27)14-24-22(29)26-10-8-25(9-11-26)21(28)20-3-2-12-30-20/h4-5,13,17,20H,2-3,6-12,14-15H2,1H3,(H,24,29). The summed E-state index contributed by atoms with van der Waals surface area (Å²) in [5.41, 5.74) is 2.41. The topological polar surface area (TPSA) is 65.1 Å². The Morgan fingerprint density at radius 2 is 1.90 bits per heavy atom. The zero-order chi connectivity index (χ0) is 21.1. The molecule has 3 saturated heterocycles. The van der Waals surface area contributed by atoms with Crippen LogP contribution in [0.25, 0.3) is 0 Å². The summed E-state index contributed by atoms with van der Waals surface area (Å²) >= 11 is 6.17. The average Bonchev–Trinajstić information content (AvgIpc) is 3.46. The zero-order valence-corrected chi connectivity index (χ0v) is 18.4. The van der Waals surface area contributed by atoms with Crippen LogP contribution >= 0.6 is 11.6 Å². The number of ether oxygens (including phenoxy) is 1. The van der Waals surface area contributed by atoms with Crippen molar-refractivity contribution in [1.29, 1.82) is 0 Å². The molecule has 3 aliphatic heterocycles. The van der Waals surface area contributed by atoms with Crippen molar-refractivity contribution in [2.75, 3.05) is 57.3 Å². The van der Waals surface area contributed by atoms with Gasteiger partial charge in [-0.1, -0.05) is 17.7 Å². The SMILES string of the molecule is Cc1ccc(Cl)cc1N1CCC(CNC(=O)N2CCN(C(=O)C3CCCO3)CC2)C1. The molecular formula is C22H31ClN4O3. The molecule has 1 N–H and O–H groups in total. The number of carbonyl (C=O) groups is 2. The Morgan fingerprint density at radius 3 is 2.63 bits per heavy atom. The van der Waals surface area contributed by atoms with E-state index in [2.05, 4.69) is 23.2 Å². The molecule has 0 radical (unpaired) electrons. The predicted molar refractivity (Wildman–Crippen MR) is 117 cm³/mol. The number of hydrogen-bond acceptors (Lipinski definition) is 4. The second-order valence-electron chi connectivity index (χ2n) is 8.53. The van der Waals surface area contributed by atoms with Gasteiger partial charge in [0.2, 0.25) is 0 Å². The van der Waals surface area contributed by atoms with Crippen LogP contribution in [0.5, 0.6) is 0 Å². The summed E-state index contributed by atoms with van der Waals surface area (Å²) in [6.07, 6.45) is 2.54. The maximum absolute atomic E-state index is 12.6. The summed E-state index contributed by atoms with van der Waals surface area (Å²) in [6, 6.07) is 5.96. The van der Waals surface area contributed by atoms with Crippen LogP contribution in [0.3, 0.4) is 0 Å². The Hall–Kier alpha value is -1.99. The highest BCUT2D eigenvalue weighted by atomic mass is 35.5. The molecule has 0 spiro atoms. The second-order valence-corrected chi connectivity index (χ2v) is 8.97. The molecule has 1 aromatic rings. The summed E-state index contributed by atoms with van der Waals surface area (Å²) in [6.45, 7) is 7.65. The van der Waals surface area contributed by atoms with Gasteiger partial charge in [0.25, 0.3) is 5.91 Å². The van der Waals surface area contributed by atoms with Gasteiger partial charge in [-0.25, -0.2) is 4.79 Å². The number of carbonyl (C=O) groups excluding carboxylic acids is 2. The molecule has 0 bridgehead atoms. The van der Waals surface area contributed by atoms with Crippen molar-refractivity contribution in [2.45, 2.75) is 32.3 Å². The maximum atomic E-state index is 12.6. The summed E-state index contributed by atoms with van der Waals surface area (Å²) in [5, 5.41) is 3.85. The molecule has 2 unspecified atom stereocenters. The van der Waals surface area contributed by atoms with E-state index in [0.717, 1.165) is 37.4 Å². The van der Waals surface area contributed by atoms with Crippen molar-refractivity contribution in [3.8, 4) is 0 Å². The maximum Gasteiger partial charge on any atom is 0.317 e. The average molecular weight is 435 g/mol. The van der Waals surface area contributed by atoms with Crippen LogP contribution in [0.4, 0.5) is 10.5 Å². The zero-order valence-electron chi connectivity index (χ0n) is 17.6. The van der Waals surface area contributed by atoms with Crippen LogP contribution in [0.1, 0.15) is 24.8 Å². The van der Waals surface area contributed by atoms with E-state index < -0.39 is 0 Å². The van der Waals surface area contributed by atoms with Crippen LogP contribution in [-0.4, -0.2) is 80.3 Å². The minimum Gasteiger partial charge on any atom is -0.371 e. The second kappa shape index (κ2) is 9.43. The number of benzene rings is 1. The highest BCUT2D eigenvalue weighted by Gasteiger charge is 2.31. The molecule has 4 rings (SSSR count). The van der Waals surface area contributed by atoms with Crippen molar-refractivity contribution in [3.63, 3.8) is 0 Å². The molecule has 0 aromatic heterocycles. The lowest BCUT2D eigenvalue weighted by atomic mass is 10.1. The van der Waals surface area contributed by atoms with Crippen LogP contribution < -0.4 is 10.2 Å². The molecule has 8 heteroatoms. The summed E-state index contributed by atoms with van der Waals surface area (Å²) in [4.78, 5) is 31.0. The first-order valence-corrected chi connectivity index (χ1v) is 11.3. The Kier molecular flexibility index (Phi) is 6.68. The van der Waals surface area contributed by atoms with Gasteiger partial charge >= 0.3 is 6.03 Å². The molecule has 2 atom stereocenters. The first kappa shape index (κ1) is 21.2. The molecule has 0 saturated carbocycles. The van der Waals surface area contributed by atoms with Crippen LogP contribution in [-0.2, 0) is 9.53 Å². The number of urea groups is 1. The minimum atomic E-state index is -0.279. The molecule has 1 aromatic carbocycles. The highest BCUT2D eigenvalue weighted by molar-refractivity contribution is 6.30.